The molecule has 0 atom stereocenters. The van der Waals surface area contributed by atoms with E-state index in [0.717, 1.165) is 32.8 Å². The van der Waals surface area contributed by atoms with Crippen molar-refractivity contribution < 1.29 is 4.74 Å². The third-order valence-corrected chi connectivity index (χ3v) is 4.08. The summed E-state index contributed by atoms with van der Waals surface area (Å²) in [5, 5.41) is 3.56. The number of hydrogen-bond acceptors (Lipinski definition) is 3. The summed E-state index contributed by atoms with van der Waals surface area (Å²) in [5.41, 5.74) is 0.563. The maximum atomic E-state index is 5.42. The molecule has 2 fully saturated rings. The summed E-state index contributed by atoms with van der Waals surface area (Å²) in [6.45, 7) is 9.92. The van der Waals surface area contributed by atoms with Gasteiger partial charge in [-0.15, -0.1) is 0 Å². The number of ether oxygens (including phenoxy) is 1. The molecule has 1 heterocycles. The summed E-state index contributed by atoms with van der Waals surface area (Å²) in [6, 6.07) is 0. The van der Waals surface area contributed by atoms with Crippen LogP contribution in [0.15, 0.2) is 0 Å². The molecule has 0 spiro atoms. The molecule has 3 heteroatoms. The minimum atomic E-state index is 0.563. The van der Waals surface area contributed by atoms with Gasteiger partial charge in [0.2, 0.25) is 0 Å². The molecule has 0 bridgehead atoms. The Labute approximate surface area is 99.5 Å². The minimum Gasteiger partial charge on any atom is -0.379 e. The highest BCUT2D eigenvalue weighted by Crippen LogP contribution is 2.38. The maximum Gasteiger partial charge on any atom is 0.0594 e. The first-order valence-electron chi connectivity index (χ1n) is 6.85. The zero-order valence-corrected chi connectivity index (χ0v) is 10.6. The highest BCUT2D eigenvalue weighted by atomic mass is 16.5. The topological polar surface area (TPSA) is 24.5 Å². The zero-order valence-electron chi connectivity index (χ0n) is 10.6. The molecular formula is C13H26N2O. The SMILES string of the molecule is CCNCC1(CN2CCOCC2)CCCC1. The Morgan fingerprint density at radius 3 is 2.50 bits per heavy atom. The Balaban J connectivity index is 1.85. The third kappa shape index (κ3) is 3.19. The highest BCUT2D eigenvalue weighted by molar-refractivity contribution is 4.89. The molecule has 1 saturated carbocycles. The second-order valence-electron chi connectivity index (χ2n) is 5.38. The fraction of sp³-hybridized carbons (Fsp3) is 1.00. The van der Waals surface area contributed by atoms with E-state index in [0.29, 0.717) is 5.41 Å². The van der Waals surface area contributed by atoms with Gasteiger partial charge < -0.3 is 10.1 Å². The Bertz CT molecular complexity index is 196. The van der Waals surface area contributed by atoms with Crippen LogP contribution < -0.4 is 5.32 Å². The van der Waals surface area contributed by atoms with Crippen molar-refractivity contribution in [2.24, 2.45) is 5.41 Å². The molecule has 2 rings (SSSR count). The summed E-state index contributed by atoms with van der Waals surface area (Å²) < 4.78 is 5.42. The number of nitrogens with zero attached hydrogens (tertiary/aromatic N) is 1. The normalized spacial score (nSPS) is 26.1. The summed E-state index contributed by atoms with van der Waals surface area (Å²) in [5.74, 6) is 0. The molecule has 0 aromatic carbocycles. The van der Waals surface area contributed by atoms with Crippen LogP contribution >= 0.6 is 0 Å². The van der Waals surface area contributed by atoms with E-state index in [1.54, 1.807) is 0 Å². The van der Waals surface area contributed by atoms with E-state index in [-0.39, 0.29) is 0 Å². The van der Waals surface area contributed by atoms with Crippen molar-refractivity contribution >= 4 is 0 Å². The fourth-order valence-corrected chi connectivity index (χ4v) is 3.14. The first-order valence-corrected chi connectivity index (χ1v) is 6.85. The predicted molar refractivity (Wildman–Crippen MR) is 66.7 cm³/mol. The lowest BCUT2D eigenvalue weighted by Gasteiger charge is -2.37. The smallest absolute Gasteiger partial charge is 0.0594 e. The van der Waals surface area contributed by atoms with E-state index < -0.39 is 0 Å². The van der Waals surface area contributed by atoms with Crippen molar-refractivity contribution in [3.05, 3.63) is 0 Å². The number of nitrogens with one attached hydrogen (secondary N) is 1. The van der Waals surface area contributed by atoms with E-state index >= 15 is 0 Å². The first-order chi connectivity index (χ1) is 7.85. The van der Waals surface area contributed by atoms with Crippen molar-refractivity contribution in [1.82, 2.24) is 10.2 Å². The molecule has 0 aromatic heterocycles. The quantitative estimate of drug-likeness (QED) is 0.768. The first kappa shape index (κ1) is 12.3. The van der Waals surface area contributed by atoms with Crippen LogP contribution in [0.4, 0.5) is 0 Å². The van der Waals surface area contributed by atoms with Gasteiger partial charge in [-0.2, -0.15) is 0 Å². The molecule has 16 heavy (non-hydrogen) atoms. The van der Waals surface area contributed by atoms with Gasteiger partial charge >= 0.3 is 0 Å². The molecule has 1 saturated heterocycles. The van der Waals surface area contributed by atoms with E-state index in [1.807, 2.05) is 0 Å². The van der Waals surface area contributed by atoms with Crippen molar-refractivity contribution in [1.29, 1.82) is 0 Å². The van der Waals surface area contributed by atoms with Crippen LogP contribution in [0.5, 0.6) is 0 Å². The lowest BCUT2D eigenvalue weighted by molar-refractivity contribution is 0.0166. The molecular weight excluding hydrogens is 200 g/mol. The summed E-state index contributed by atoms with van der Waals surface area (Å²) >= 11 is 0. The molecule has 0 unspecified atom stereocenters. The molecule has 1 aliphatic carbocycles. The molecule has 1 N–H and O–H groups in total. The van der Waals surface area contributed by atoms with Gasteiger partial charge in [-0.05, 0) is 24.8 Å². The third-order valence-electron chi connectivity index (χ3n) is 4.08. The minimum absolute atomic E-state index is 0.563. The zero-order chi connectivity index (χ0) is 11.3. The fourth-order valence-electron chi connectivity index (χ4n) is 3.14. The van der Waals surface area contributed by atoms with Gasteiger partial charge in [0.15, 0.2) is 0 Å². The summed E-state index contributed by atoms with van der Waals surface area (Å²) in [7, 11) is 0. The number of rotatable bonds is 5. The van der Waals surface area contributed by atoms with Gasteiger partial charge in [0.1, 0.15) is 0 Å². The van der Waals surface area contributed by atoms with E-state index in [4.69, 9.17) is 4.74 Å². The van der Waals surface area contributed by atoms with E-state index in [2.05, 4.69) is 17.1 Å². The molecule has 2 aliphatic rings. The van der Waals surface area contributed by atoms with Gasteiger partial charge in [0, 0.05) is 26.2 Å². The van der Waals surface area contributed by atoms with Crippen LogP contribution in [-0.2, 0) is 4.74 Å². The number of morpholine rings is 1. The largest absolute Gasteiger partial charge is 0.379 e. The molecule has 3 nitrogen and oxygen atoms in total. The van der Waals surface area contributed by atoms with Crippen LogP contribution in [0.3, 0.4) is 0 Å². The van der Waals surface area contributed by atoms with Crippen LogP contribution in [0.25, 0.3) is 0 Å². The Hall–Kier alpha value is -0.120. The predicted octanol–water partition coefficient (Wildman–Crippen LogP) is 1.49. The van der Waals surface area contributed by atoms with Crippen LogP contribution in [0.2, 0.25) is 0 Å². The molecule has 0 radical (unpaired) electrons. The molecule has 1 aliphatic heterocycles. The molecule has 94 valence electrons. The monoisotopic (exact) mass is 226 g/mol. The lowest BCUT2D eigenvalue weighted by Crippen LogP contribution is -2.46. The van der Waals surface area contributed by atoms with Crippen molar-refractivity contribution in [2.45, 2.75) is 32.6 Å². The van der Waals surface area contributed by atoms with Gasteiger partial charge in [-0.25, -0.2) is 0 Å². The van der Waals surface area contributed by atoms with Gasteiger partial charge in [0.25, 0.3) is 0 Å². The van der Waals surface area contributed by atoms with Gasteiger partial charge in [0.05, 0.1) is 13.2 Å². The maximum absolute atomic E-state index is 5.42. The van der Waals surface area contributed by atoms with E-state index in [1.165, 1.54) is 38.8 Å². The average Bonchev–Trinajstić information content (AvgIpc) is 2.77. The lowest BCUT2D eigenvalue weighted by atomic mass is 9.85. The van der Waals surface area contributed by atoms with Crippen LogP contribution in [-0.4, -0.2) is 50.8 Å². The van der Waals surface area contributed by atoms with Gasteiger partial charge in [-0.1, -0.05) is 19.8 Å². The van der Waals surface area contributed by atoms with Crippen molar-refractivity contribution in [3.63, 3.8) is 0 Å². The second-order valence-corrected chi connectivity index (χ2v) is 5.38. The van der Waals surface area contributed by atoms with Crippen molar-refractivity contribution in [2.75, 3.05) is 45.9 Å². The Kier molecular flexibility index (Phi) is 4.62. The average molecular weight is 226 g/mol. The Morgan fingerprint density at radius 1 is 1.19 bits per heavy atom. The number of hydrogen-bond donors (Lipinski definition) is 1. The molecule has 0 aromatic rings. The summed E-state index contributed by atoms with van der Waals surface area (Å²) in [6.07, 6.45) is 5.68. The standard InChI is InChI=1S/C13H26N2O/c1-2-14-11-13(5-3-4-6-13)12-15-7-9-16-10-8-15/h14H,2-12H2,1H3. The van der Waals surface area contributed by atoms with Crippen LogP contribution in [0, 0.1) is 5.41 Å². The highest BCUT2D eigenvalue weighted by Gasteiger charge is 2.35. The van der Waals surface area contributed by atoms with Gasteiger partial charge in [-0.3, -0.25) is 4.90 Å². The molecule has 0 amide bonds. The second kappa shape index (κ2) is 5.99. The van der Waals surface area contributed by atoms with E-state index in [9.17, 15) is 0 Å². The van der Waals surface area contributed by atoms with Crippen molar-refractivity contribution in [3.8, 4) is 0 Å². The van der Waals surface area contributed by atoms with Crippen LogP contribution in [0.1, 0.15) is 32.6 Å². The summed E-state index contributed by atoms with van der Waals surface area (Å²) in [4.78, 5) is 2.60. The Morgan fingerprint density at radius 2 is 1.88 bits per heavy atom.